The van der Waals surface area contributed by atoms with Gasteiger partial charge in [-0.05, 0) is 21.5 Å². The van der Waals surface area contributed by atoms with Gasteiger partial charge < -0.3 is 15.2 Å². The van der Waals surface area contributed by atoms with Gasteiger partial charge in [-0.25, -0.2) is 8.78 Å². The van der Waals surface area contributed by atoms with Crippen LogP contribution in [-0.2, 0) is 11.2 Å². The van der Waals surface area contributed by atoms with Gasteiger partial charge in [0.2, 0.25) is 0 Å². The molecule has 0 saturated heterocycles. The Balaban J connectivity index is 3.32. The highest BCUT2D eigenvalue weighted by Gasteiger charge is 2.27. The maximum absolute atomic E-state index is 12.6. The highest BCUT2D eigenvalue weighted by Crippen LogP contribution is 2.30. The number of halogens is 2. The summed E-state index contributed by atoms with van der Waals surface area (Å²) in [6.07, 6.45) is -2.91. The van der Waals surface area contributed by atoms with E-state index in [2.05, 4.69) is 4.98 Å². The Hall–Kier alpha value is -2.12. The fourth-order valence-corrected chi connectivity index (χ4v) is 1.20. The van der Waals surface area contributed by atoms with Crippen LogP contribution in [0.5, 0.6) is 0 Å². The molecule has 0 radical (unpaired) electrons. The van der Waals surface area contributed by atoms with E-state index in [1.54, 1.807) is 0 Å². The molecule has 6 nitrogen and oxygen atoms in total. The Kier molecular flexibility index (Phi) is 3.44. The third kappa shape index (κ3) is 2.47. The van der Waals surface area contributed by atoms with Gasteiger partial charge in [0.15, 0.2) is 0 Å². The van der Waals surface area contributed by atoms with Crippen LogP contribution in [0, 0.1) is 10.1 Å². The SMILES string of the molecule is O=C(O)Cc1ccnc([N+](=O)[O-])c1C(F)F. The predicted octanol–water partition coefficient (Wildman–Crippen LogP) is 1.55. The van der Waals surface area contributed by atoms with Crippen LogP contribution in [0.1, 0.15) is 17.6 Å². The molecule has 86 valence electrons. The smallest absolute Gasteiger partial charge is 0.372 e. The largest absolute Gasteiger partial charge is 0.481 e. The second-order valence-corrected chi connectivity index (χ2v) is 2.84. The van der Waals surface area contributed by atoms with Crippen molar-refractivity contribution in [3.8, 4) is 0 Å². The van der Waals surface area contributed by atoms with E-state index < -0.39 is 35.1 Å². The average molecular weight is 232 g/mol. The average Bonchev–Trinajstić information content (AvgIpc) is 2.15. The molecule has 0 unspecified atom stereocenters. The molecule has 0 saturated carbocycles. The number of hydrogen-bond donors (Lipinski definition) is 1. The molecule has 1 rings (SSSR count). The summed E-state index contributed by atoms with van der Waals surface area (Å²) < 4.78 is 25.1. The number of alkyl halides is 2. The predicted molar refractivity (Wildman–Crippen MR) is 47.2 cm³/mol. The van der Waals surface area contributed by atoms with Gasteiger partial charge in [0.1, 0.15) is 11.8 Å². The van der Waals surface area contributed by atoms with Gasteiger partial charge in [0, 0.05) is 0 Å². The van der Waals surface area contributed by atoms with Crippen LogP contribution in [0.15, 0.2) is 12.3 Å². The molecule has 1 N–H and O–H groups in total. The minimum atomic E-state index is -3.14. The zero-order chi connectivity index (χ0) is 12.3. The molecule has 1 aromatic heterocycles. The molecule has 0 aromatic carbocycles. The Morgan fingerprint density at radius 1 is 1.62 bits per heavy atom. The van der Waals surface area contributed by atoms with E-state index in [0.717, 1.165) is 12.3 Å². The summed E-state index contributed by atoms with van der Waals surface area (Å²) in [5, 5.41) is 18.9. The molecule has 0 amide bonds. The van der Waals surface area contributed by atoms with E-state index in [4.69, 9.17) is 5.11 Å². The number of rotatable bonds is 4. The fourth-order valence-electron chi connectivity index (χ4n) is 1.20. The van der Waals surface area contributed by atoms with Crippen molar-refractivity contribution >= 4 is 11.8 Å². The van der Waals surface area contributed by atoms with Crippen LogP contribution in [0.3, 0.4) is 0 Å². The van der Waals surface area contributed by atoms with E-state index in [9.17, 15) is 23.7 Å². The van der Waals surface area contributed by atoms with Gasteiger partial charge in [-0.2, -0.15) is 0 Å². The number of nitrogens with zero attached hydrogens (tertiary/aromatic N) is 2. The van der Waals surface area contributed by atoms with E-state index in [1.807, 2.05) is 0 Å². The molecular weight excluding hydrogens is 226 g/mol. The number of nitro groups is 1. The van der Waals surface area contributed by atoms with Crippen molar-refractivity contribution in [1.29, 1.82) is 0 Å². The summed E-state index contributed by atoms with van der Waals surface area (Å²) in [4.78, 5) is 22.9. The first kappa shape index (κ1) is 12.0. The molecule has 0 bridgehead atoms. The normalized spacial score (nSPS) is 10.4. The Morgan fingerprint density at radius 3 is 2.69 bits per heavy atom. The topological polar surface area (TPSA) is 93.3 Å². The van der Waals surface area contributed by atoms with Gasteiger partial charge in [-0.3, -0.25) is 4.79 Å². The highest BCUT2D eigenvalue weighted by atomic mass is 19.3. The van der Waals surface area contributed by atoms with Gasteiger partial charge in [-0.1, -0.05) is 0 Å². The molecule has 0 aliphatic rings. The van der Waals surface area contributed by atoms with E-state index in [0.29, 0.717) is 0 Å². The second kappa shape index (κ2) is 4.60. The highest BCUT2D eigenvalue weighted by molar-refractivity contribution is 5.71. The number of carboxylic acids is 1. The van der Waals surface area contributed by atoms with Crippen molar-refractivity contribution < 1.29 is 23.6 Å². The van der Waals surface area contributed by atoms with Gasteiger partial charge in [0.25, 0.3) is 6.43 Å². The monoisotopic (exact) mass is 232 g/mol. The maximum Gasteiger partial charge on any atom is 0.372 e. The Bertz CT molecular complexity index is 436. The third-order valence-electron chi connectivity index (χ3n) is 1.79. The lowest BCUT2D eigenvalue weighted by atomic mass is 10.1. The Morgan fingerprint density at radius 2 is 2.25 bits per heavy atom. The standard InChI is InChI=1S/C8H6F2N2O4/c9-7(10)6-4(3-5(13)14)1-2-11-8(6)12(15)16/h1-2,7H,3H2,(H,13,14). The van der Waals surface area contributed by atoms with Gasteiger partial charge in [0.05, 0.1) is 6.42 Å². The van der Waals surface area contributed by atoms with Crippen LogP contribution in [0.2, 0.25) is 0 Å². The zero-order valence-corrected chi connectivity index (χ0v) is 7.76. The number of hydrogen-bond acceptors (Lipinski definition) is 4. The van der Waals surface area contributed by atoms with E-state index >= 15 is 0 Å². The first-order valence-electron chi connectivity index (χ1n) is 4.05. The zero-order valence-electron chi connectivity index (χ0n) is 7.76. The number of carbonyl (C=O) groups is 1. The maximum atomic E-state index is 12.6. The van der Waals surface area contributed by atoms with Crippen LogP contribution in [0.25, 0.3) is 0 Å². The summed E-state index contributed by atoms with van der Waals surface area (Å²) >= 11 is 0. The molecule has 1 aromatic rings. The number of aliphatic carboxylic acids is 1. The summed E-state index contributed by atoms with van der Waals surface area (Å²) in [6, 6.07) is 1.03. The first-order valence-corrected chi connectivity index (χ1v) is 4.05. The number of carboxylic acid groups (broad SMARTS) is 1. The molecule has 0 fully saturated rings. The lowest BCUT2D eigenvalue weighted by molar-refractivity contribution is -0.391. The van der Waals surface area contributed by atoms with Crippen LogP contribution in [-0.4, -0.2) is 21.0 Å². The first-order chi connectivity index (χ1) is 7.43. The van der Waals surface area contributed by atoms with E-state index in [-0.39, 0.29) is 5.56 Å². The van der Waals surface area contributed by atoms with Crippen LogP contribution in [0.4, 0.5) is 14.6 Å². The minimum absolute atomic E-state index is 0.302. The summed E-state index contributed by atoms with van der Waals surface area (Å²) in [7, 11) is 0. The quantitative estimate of drug-likeness (QED) is 0.627. The molecular formula is C8H6F2N2O4. The van der Waals surface area contributed by atoms with Crippen molar-refractivity contribution in [2.75, 3.05) is 0 Å². The lowest BCUT2D eigenvalue weighted by Crippen LogP contribution is -2.08. The van der Waals surface area contributed by atoms with Crippen molar-refractivity contribution in [3.63, 3.8) is 0 Å². The molecule has 8 heteroatoms. The van der Waals surface area contributed by atoms with Crippen molar-refractivity contribution in [3.05, 3.63) is 33.5 Å². The van der Waals surface area contributed by atoms with Gasteiger partial charge >= 0.3 is 11.8 Å². The minimum Gasteiger partial charge on any atom is -0.481 e. The van der Waals surface area contributed by atoms with Gasteiger partial charge in [-0.15, -0.1) is 0 Å². The summed E-state index contributed by atoms with van der Waals surface area (Å²) in [5.41, 5.74) is -1.24. The van der Waals surface area contributed by atoms with Crippen LogP contribution >= 0.6 is 0 Å². The number of aromatic nitrogens is 1. The molecule has 1 heterocycles. The molecule has 0 atom stereocenters. The van der Waals surface area contributed by atoms with Crippen LogP contribution < -0.4 is 0 Å². The van der Waals surface area contributed by atoms with Crippen molar-refractivity contribution in [2.45, 2.75) is 12.8 Å². The number of pyridine rings is 1. The second-order valence-electron chi connectivity index (χ2n) is 2.84. The molecule has 0 spiro atoms. The third-order valence-corrected chi connectivity index (χ3v) is 1.79. The summed E-state index contributed by atoms with van der Waals surface area (Å²) in [6.45, 7) is 0. The summed E-state index contributed by atoms with van der Waals surface area (Å²) in [5.74, 6) is -2.35. The van der Waals surface area contributed by atoms with E-state index in [1.165, 1.54) is 0 Å². The molecule has 0 aliphatic heterocycles. The molecule has 16 heavy (non-hydrogen) atoms. The lowest BCUT2D eigenvalue weighted by Gasteiger charge is -2.05. The van der Waals surface area contributed by atoms with Crippen molar-refractivity contribution in [1.82, 2.24) is 4.98 Å². The Labute approximate surface area is 87.7 Å². The van der Waals surface area contributed by atoms with Crippen molar-refractivity contribution in [2.24, 2.45) is 0 Å². The molecule has 0 aliphatic carbocycles. The fraction of sp³-hybridized carbons (Fsp3) is 0.250.